The van der Waals surface area contributed by atoms with E-state index in [9.17, 15) is 23.1 Å². The first-order valence-corrected chi connectivity index (χ1v) is 9.92. The second kappa shape index (κ2) is 7.36. The van der Waals surface area contributed by atoms with Crippen LogP contribution in [-0.2, 0) is 19.4 Å². The van der Waals surface area contributed by atoms with Crippen LogP contribution in [0.3, 0.4) is 0 Å². The quantitative estimate of drug-likeness (QED) is 0.837. The molecule has 0 bridgehead atoms. The molecule has 1 aliphatic heterocycles. The number of benzene rings is 1. The molecule has 1 heterocycles. The number of carbonyl (C=O) groups is 2. The Morgan fingerprint density at radius 2 is 1.77 bits per heavy atom. The van der Waals surface area contributed by atoms with Crippen LogP contribution in [0.1, 0.15) is 32.8 Å². The van der Waals surface area contributed by atoms with Gasteiger partial charge in [-0.3, -0.25) is 4.79 Å². The molecule has 1 aliphatic rings. The van der Waals surface area contributed by atoms with Gasteiger partial charge in [-0.05, 0) is 46.2 Å². The van der Waals surface area contributed by atoms with Crippen molar-refractivity contribution in [3.8, 4) is 0 Å². The number of hydrogen-bond donors (Lipinski definition) is 1. The van der Waals surface area contributed by atoms with Crippen molar-refractivity contribution in [1.82, 2.24) is 4.90 Å². The number of rotatable bonds is 2. The Morgan fingerprint density at radius 1 is 1.19 bits per heavy atom. The molecule has 1 N–H and O–H groups in total. The van der Waals surface area contributed by atoms with Gasteiger partial charge in [0.25, 0.3) is 5.12 Å². The monoisotopic (exact) mass is 383 g/mol. The van der Waals surface area contributed by atoms with Gasteiger partial charge >= 0.3 is 6.09 Å². The van der Waals surface area contributed by atoms with Gasteiger partial charge in [0, 0.05) is 6.54 Å². The van der Waals surface area contributed by atoms with Crippen molar-refractivity contribution in [3.05, 3.63) is 29.8 Å². The number of β-amino-alcohol motifs (C(OH)–C–C–N with tert-alkyl or cyclic N) is 1. The Hall–Kier alpha value is -1.93. The van der Waals surface area contributed by atoms with E-state index >= 15 is 0 Å². The van der Waals surface area contributed by atoms with Crippen LogP contribution in [0.5, 0.6) is 0 Å². The van der Waals surface area contributed by atoms with Crippen molar-refractivity contribution in [2.24, 2.45) is 5.92 Å². The van der Waals surface area contributed by atoms with Gasteiger partial charge in [0.15, 0.2) is 0 Å². The van der Waals surface area contributed by atoms with Gasteiger partial charge in [0.1, 0.15) is 5.60 Å². The van der Waals surface area contributed by atoms with E-state index in [1.54, 1.807) is 32.9 Å². The van der Waals surface area contributed by atoms with Crippen LogP contribution in [0.2, 0.25) is 0 Å². The molecule has 2 rings (SSSR count). The Kier molecular flexibility index (Phi) is 5.77. The van der Waals surface area contributed by atoms with Crippen molar-refractivity contribution in [3.63, 3.8) is 0 Å². The molecule has 1 saturated heterocycles. The fourth-order valence-corrected chi connectivity index (χ4v) is 4.13. The highest BCUT2D eigenvalue weighted by molar-refractivity contribution is 8.06. The third-order valence-electron chi connectivity index (χ3n) is 4.13. The van der Waals surface area contributed by atoms with Crippen LogP contribution in [0.15, 0.2) is 29.2 Å². The Balaban J connectivity index is 2.10. The second-order valence-corrected chi connectivity index (χ2v) is 9.41. The molecule has 0 spiro atoms. The molecule has 1 aromatic carbocycles. The summed E-state index contributed by atoms with van der Waals surface area (Å²) >= 11 is 0. The number of hydrogen-bond acceptors (Lipinski definition) is 6. The van der Waals surface area contributed by atoms with Crippen LogP contribution in [-0.4, -0.2) is 54.4 Å². The van der Waals surface area contributed by atoms with Gasteiger partial charge in [-0.15, -0.1) is 0 Å². The fourth-order valence-electron chi connectivity index (χ4n) is 2.73. The molecule has 1 amide bonds. The minimum Gasteiger partial charge on any atom is -0.444 e. The summed E-state index contributed by atoms with van der Waals surface area (Å²) < 4.78 is 30.3. The first-order valence-electron chi connectivity index (χ1n) is 8.43. The predicted molar refractivity (Wildman–Crippen MR) is 95.3 cm³/mol. The number of likely N-dealkylation sites (tertiary alicyclic amines) is 1. The largest absolute Gasteiger partial charge is 0.444 e. The van der Waals surface area contributed by atoms with Crippen LogP contribution >= 0.6 is 0 Å². The fraction of sp³-hybridized carbons (Fsp3) is 0.556. The van der Waals surface area contributed by atoms with E-state index in [0.29, 0.717) is 0 Å². The van der Waals surface area contributed by atoms with Crippen molar-refractivity contribution in [2.75, 3.05) is 13.1 Å². The van der Waals surface area contributed by atoms with Crippen molar-refractivity contribution in [1.29, 1.82) is 0 Å². The third-order valence-corrected chi connectivity index (χ3v) is 5.86. The number of ether oxygens (including phenoxy) is 1. The van der Waals surface area contributed by atoms with Gasteiger partial charge in [-0.2, -0.15) is 0 Å². The van der Waals surface area contributed by atoms with Crippen molar-refractivity contribution in [2.45, 2.75) is 50.7 Å². The number of sulfone groups is 1. The summed E-state index contributed by atoms with van der Waals surface area (Å²) in [5, 5.41) is 9.26. The number of carbonyl (C=O) groups excluding carboxylic acids is 2. The normalized spacial score (nSPS) is 21.3. The molecule has 144 valence electrons. The molecule has 1 fully saturated rings. The maximum absolute atomic E-state index is 12.5. The Bertz CT molecular complexity index is 779. The molecular formula is C18H25NO6S. The van der Waals surface area contributed by atoms with E-state index in [1.807, 2.05) is 6.92 Å². The van der Waals surface area contributed by atoms with Gasteiger partial charge in [-0.25, -0.2) is 13.2 Å². The highest BCUT2D eigenvalue weighted by Gasteiger charge is 2.41. The summed E-state index contributed by atoms with van der Waals surface area (Å²) in [5.41, 5.74) is 0.200. The lowest BCUT2D eigenvalue weighted by molar-refractivity contribution is -0.121. The molecule has 0 unspecified atom stereocenters. The minimum absolute atomic E-state index is 0.0599. The summed E-state index contributed by atoms with van der Waals surface area (Å²) in [6, 6.07) is 5.99. The van der Waals surface area contributed by atoms with E-state index in [-0.39, 0.29) is 24.4 Å². The van der Waals surface area contributed by atoms with Crippen molar-refractivity contribution < 1.29 is 27.9 Å². The van der Waals surface area contributed by atoms with Gasteiger partial charge in [-0.1, -0.05) is 17.7 Å². The zero-order valence-corrected chi connectivity index (χ0v) is 16.2. The average molecular weight is 383 g/mol. The van der Waals surface area contributed by atoms with Crippen molar-refractivity contribution >= 4 is 21.0 Å². The molecule has 1 aromatic rings. The molecule has 0 saturated carbocycles. The maximum Gasteiger partial charge on any atom is 0.410 e. The van der Waals surface area contributed by atoms with Gasteiger partial charge in [0.05, 0.1) is 23.5 Å². The lowest BCUT2D eigenvalue weighted by Crippen LogP contribution is -2.51. The average Bonchev–Trinajstić information content (AvgIpc) is 2.53. The molecular weight excluding hydrogens is 358 g/mol. The van der Waals surface area contributed by atoms with E-state index in [4.69, 9.17) is 4.74 Å². The summed E-state index contributed by atoms with van der Waals surface area (Å²) in [6.45, 7) is 7.00. The number of amides is 1. The second-order valence-electron chi connectivity index (χ2n) is 7.52. The SMILES string of the molecule is Cc1ccc(S(=O)(=O)C(=O)[C@H]2CCN(C(=O)OC(C)(C)C)C[C@@H]2O)cc1. The van der Waals surface area contributed by atoms with Crippen LogP contribution < -0.4 is 0 Å². The first kappa shape index (κ1) is 20.4. The van der Waals surface area contributed by atoms with Crippen LogP contribution in [0, 0.1) is 12.8 Å². The van der Waals surface area contributed by atoms with E-state index in [0.717, 1.165) is 5.56 Å². The van der Waals surface area contributed by atoms with E-state index < -0.39 is 38.7 Å². The highest BCUT2D eigenvalue weighted by Crippen LogP contribution is 2.26. The number of aliphatic hydroxyl groups excluding tert-OH is 1. The summed E-state index contributed by atoms with van der Waals surface area (Å²) in [4.78, 5) is 25.8. The number of nitrogens with zero attached hydrogens (tertiary/aromatic N) is 1. The zero-order valence-electron chi connectivity index (χ0n) is 15.4. The molecule has 26 heavy (non-hydrogen) atoms. The van der Waals surface area contributed by atoms with Gasteiger partial charge < -0.3 is 14.7 Å². The van der Waals surface area contributed by atoms with E-state index in [1.165, 1.54) is 17.0 Å². The molecule has 8 heteroatoms. The molecule has 0 aromatic heterocycles. The summed E-state index contributed by atoms with van der Waals surface area (Å²) in [7, 11) is -4.19. The third kappa shape index (κ3) is 4.62. The standard InChI is InChI=1S/C18H25NO6S/c1-12-5-7-13(8-6-12)26(23,24)16(21)14-9-10-19(11-15(14)20)17(22)25-18(2,3)4/h5-8,14-15,20H,9-11H2,1-4H3/t14-,15-/m0/s1. The molecule has 0 aliphatic carbocycles. The van der Waals surface area contributed by atoms with Gasteiger partial charge in [0.2, 0.25) is 9.84 Å². The maximum atomic E-state index is 12.5. The Morgan fingerprint density at radius 3 is 2.27 bits per heavy atom. The minimum atomic E-state index is -4.19. The molecule has 0 radical (unpaired) electrons. The predicted octanol–water partition coefficient (Wildman–Crippen LogP) is 1.91. The van der Waals surface area contributed by atoms with Crippen LogP contribution in [0.4, 0.5) is 4.79 Å². The lowest BCUT2D eigenvalue weighted by Gasteiger charge is -2.35. The Labute approximate surface area is 153 Å². The topological polar surface area (TPSA) is 101 Å². The number of aliphatic hydroxyl groups is 1. The smallest absolute Gasteiger partial charge is 0.410 e. The number of aryl methyl sites for hydroxylation is 1. The molecule has 7 nitrogen and oxygen atoms in total. The summed E-state index contributed by atoms with van der Waals surface area (Å²) in [5.74, 6) is -1.07. The van der Waals surface area contributed by atoms with Crippen LogP contribution in [0.25, 0.3) is 0 Å². The lowest BCUT2D eigenvalue weighted by atomic mass is 9.95. The molecule has 2 atom stereocenters. The van der Waals surface area contributed by atoms with E-state index in [2.05, 4.69) is 0 Å². The summed E-state index contributed by atoms with van der Waals surface area (Å²) in [6.07, 6.45) is -1.79. The first-order chi connectivity index (χ1) is 11.9. The highest BCUT2D eigenvalue weighted by atomic mass is 32.2. The zero-order chi connectivity index (χ0) is 19.7. The number of piperidine rings is 1.